The number of aliphatic carboxylic acids is 2. The van der Waals surface area contributed by atoms with Crippen LogP contribution in [0.5, 0.6) is 0 Å². The molecule has 9 N–H and O–H groups in total. The summed E-state index contributed by atoms with van der Waals surface area (Å²) in [4.78, 5) is 70.3. The number of hydrogen-bond acceptors (Lipinski definition) is 7. The zero-order chi connectivity index (χ0) is 25.0. The highest BCUT2D eigenvalue weighted by Gasteiger charge is 2.30. The van der Waals surface area contributed by atoms with Crippen molar-refractivity contribution in [3.05, 3.63) is 0 Å². The van der Waals surface area contributed by atoms with Crippen LogP contribution in [-0.2, 0) is 28.8 Å². The highest BCUT2D eigenvalue weighted by molar-refractivity contribution is 5.94. The molecule has 0 radical (unpaired) electrons. The summed E-state index contributed by atoms with van der Waals surface area (Å²) in [6, 6.07) is -4.77. The van der Waals surface area contributed by atoms with Gasteiger partial charge in [-0.3, -0.25) is 28.8 Å². The van der Waals surface area contributed by atoms with E-state index in [2.05, 4.69) is 16.0 Å². The fraction of sp³-hybridized carbons (Fsp3) is 0.684. The van der Waals surface area contributed by atoms with Crippen LogP contribution in [0.3, 0.4) is 0 Å². The topological polar surface area (TPSA) is 231 Å². The van der Waals surface area contributed by atoms with Gasteiger partial charge in [0.1, 0.15) is 18.1 Å². The Morgan fingerprint density at radius 2 is 1.31 bits per heavy atom. The maximum Gasteiger partial charge on any atom is 0.325 e. The molecular weight excluding hydrogens is 426 g/mol. The second kappa shape index (κ2) is 14.0. The number of hydrogen-bond donors (Lipinski definition) is 7. The lowest BCUT2D eigenvalue weighted by Gasteiger charge is -2.25. The average Bonchev–Trinajstić information content (AvgIpc) is 2.67. The third-order valence-electron chi connectivity index (χ3n) is 4.39. The second-order valence-corrected chi connectivity index (χ2v) is 7.86. The minimum atomic E-state index is -1.27. The first-order chi connectivity index (χ1) is 14.7. The highest BCUT2D eigenvalue weighted by atomic mass is 16.4. The van der Waals surface area contributed by atoms with E-state index in [9.17, 15) is 28.8 Å². The lowest BCUT2D eigenvalue weighted by molar-refractivity contribution is -0.142. The van der Waals surface area contributed by atoms with E-state index in [4.69, 9.17) is 21.7 Å². The Morgan fingerprint density at radius 3 is 1.78 bits per heavy atom. The SMILES string of the molecule is CC(C)CC(NC(=O)C(CCC(N)=O)NC(=O)C(N)CCC(=O)O)C(=O)NC(C)C(=O)O. The molecule has 0 bridgehead atoms. The summed E-state index contributed by atoms with van der Waals surface area (Å²) in [5.41, 5.74) is 10.8. The molecule has 0 aromatic heterocycles. The number of carbonyl (C=O) groups excluding carboxylic acids is 4. The number of rotatable bonds is 15. The van der Waals surface area contributed by atoms with E-state index < -0.39 is 59.7 Å². The largest absolute Gasteiger partial charge is 0.481 e. The van der Waals surface area contributed by atoms with Gasteiger partial charge in [0.2, 0.25) is 23.6 Å². The zero-order valence-electron chi connectivity index (χ0n) is 18.4. The third kappa shape index (κ3) is 11.8. The summed E-state index contributed by atoms with van der Waals surface area (Å²) in [5.74, 6) is -5.49. The summed E-state index contributed by atoms with van der Waals surface area (Å²) < 4.78 is 0. The van der Waals surface area contributed by atoms with Gasteiger partial charge in [-0.25, -0.2) is 0 Å². The first-order valence-electron chi connectivity index (χ1n) is 10.1. The Kier molecular flexibility index (Phi) is 12.6. The minimum absolute atomic E-state index is 0.0470. The van der Waals surface area contributed by atoms with Crippen molar-refractivity contribution in [3.8, 4) is 0 Å². The van der Waals surface area contributed by atoms with Gasteiger partial charge in [-0.2, -0.15) is 0 Å². The highest BCUT2D eigenvalue weighted by Crippen LogP contribution is 2.08. The predicted octanol–water partition coefficient (Wildman–Crippen LogP) is -1.95. The van der Waals surface area contributed by atoms with Crippen molar-refractivity contribution in [2.45, 2.75) is 77.0 Å². The van der Waals surface area contributed by atoms with Crippen molar-refractivity contribution < 1.29 is 39.0 Å². The molecule has 0 fully saturated rings. The molecule has 4 amide bonds. The van der Waals surface area contributed by atoms with E-state index in [1.807, 2.05) is 0 Å². The molecular formula is C19H33N5O8. The maximum absolute atomic E-state index is 12.8. The molecule has 0 rings (SSSR count). The second-order valence-electron chi connectivity index (χ2n) is 7.86. The molecule has 0 aliphatic heterocycles. The monoisotopic (exact) mass is 459 g/mol. The van der Waals surface area contributed by atoms with Crippen LogP contribution in [0.4, 0.5) is 0 Å². The van der Waals surface area contributed by atoms with Gasteiger partial charge < -0.3 is 37.6 Å². The standard InChI is InChI=1S/C19H33N5O8/c1-9(2)8-13(18(30)22-10(3)19(31)32)24-17(29)12(5-6-14(21)25)23-16(28)11(20)4-7-15(26)27/h9-13H,4-8,20H2,1-3H3,(H2,21,25)(H,22,30)(H,23,28)(H,24,29)(H,26,27)(H,31,32). The first-order valence-corrected chi connectivity index (χ1v) is 10.1. The van der Waals surface area contributed by atoms with Crippen molar-refractivity contribution in [1.82, 2.24) is 16.0 Å². The number of primary amides is 1. The first kappa shape index (κ1) is 28.8. The van der Waals surface area contributed by atoms with E-state index in [0.717, 1.165) is 0 Å². The fourth-order valence-electron chi connectivity index (χ4n) is 2.60. The molecule has 0 aliphatic carbocycles. The third-order valence-corrected chi connectivity index (χ3v) is 4.39. The number of carboxylic acid groups (broad SMARTS) is 2. The number of nitrogens with two attached hydrogens (primary N) is 2. The molecule has 13 nitrogen and oxygen atoms in total. The quantitative estimate of drug-likeness (QED) is 0.144. The molecule has 0 saturated heterocycles. The van der Waals surface area contributed by atoms with Crippen molar-refractivity contribution >= 4 is 35.6 Å². The summed E-state index contributed by atoms with van der Waals surface area (Å²) >= 11 is 0. The van der Waals surface area contributed by atoms with Gasteiger partial charge in [0, 0.05) is 12.8 Å². The number of carboxylic acids is 2. The van der Waals surface area contributed by atoms with Gasteiger partial charge in [-0.15, -0.1) is 0 Å². The van der Waals surface area contributed by atoms with Gasteiger partial charge in [-0.05, 0) is 32.1 Å². The molecule has 4 atom stereocenters. The van der Waals surface area contributed by atoms with E-state index in [0.29, 0.717) is 0 Å². The molecule has 182 valence electrons. The molecule has 0 heterocycles. The van der Waals surface area contributed by atoms with Gasteiger partial charge in [0.25, 0.3) is 0 Å². The molecule has 32 heavy (non-hydrogen) atoms. The van der Waals surface area contributed by atoms with Crippen molar-refractivity contribution in [1.29, 1.82) is 0 Å². The summed E-state index contributed by atoms with van der Waals surface area (Å²) in [7, 11) is 0. The number of amides is 4. The van der Waals surface area contributed by atoms with Crippen LogP contribution in [0.15, 0.2) is 0 Å². The average molecular weight is 460 g/mol. The van der Waals surface area contributed by atoms with Crippen molar-refractivity contribution in [2.75, 3.05) is 0 Å². The Balaban J connectivity index is 5.39. The lowest BCUT2D eigenvalue weighted by atomic mass is 10.0. The fourth-order valence-corrected chi connectivity index (χ4v) is 2.60. The van der Waals surface area contributed by atoms with Crippen LogP contribution in [0, 0.1) is 5.92 Å². The van der Waals surface area contributed by atoms with E-state index in [-0.39, 0.29) is 38.0 Å². The van der Waals surface area contributed by atoms with Crippen LogP contribution in [0.2, 0.25) is 0 Å². The van der Waals surface area contributed by atoms with Crippen LogP contribution in [0.25, 0.3) is 0 Å². The van der Waals surface area contributed by atoms with Gasteiger partial charge in [-0.1, -0.05) is 13.8 Å². The molecule has 0 saturated carbocycles. The van der Waals surface area contributed by atoms with E-state index in [1.165, 1.54) is 6.92 Å². The van der Waals surface area contributed by atoms with Crippen LogP contribution in [-0.4, -0.2) is 69.9 Å². The summed E-state index contributed by atoms with van der Waals surface area (Å²) in [5, 5.41) is 24.8. The number of carbonyl (C=O) groups is 6. The minimum Gasteiger partial charge on any atom is -0.481 e. The Morgan fingerprint density at radius 1 is 0.781 bits per heavy atom. The lowest BCUT2D eigenvalue weighted by Crippen LogP contribution is -2.57. The van der Waals surface area contributed by atoms with Crippen molar-refractivity contribution in [2.24, 2.45) is 17.4 Å². The van der Waals surface area contributed by atoms with Crippen LogP contribution in [0.1, 0.15) is 52.9 Å². The molecule has 13 heteroatoms. The Hall–Kier alpha value is -3.22. The van der Waals surface area contributed by atoms with Gasteiger partial charge in [0.05, 0.1) is 6.04 Å². The molecule has 0 aromatic carbocycles. The summed E-state index contributed by atoms with van der Waals surface area (Å²) in [6.45, 7) is 4.85. The maximum atomic E-state index is 12.8. The Labute approximate surface area is 185 Å². The van der Waals surface area contributed by atoms with Gasteiger partial charge in [0.15, 0.2) is 0 Å². The van der Waals surface area contributed by atoms with Crippen LogP contribution >= 0.6 is 0 Å². The van der Waals surface area contributed by atoms with Crippen LogP contribution < -0.4 is 27.4 Å². The molecule has 4 unspecified atom stereocenters. The summed E-state index contributed by atoms with van der Waals surface area (Å²) in [6.07, 6.45) is -0.777. The number of nitrogens with one attached hydrogen (secondary N) is 3. The predicted molar refractivity (Wildman–Crippen MR) is 112 cm³/mol. The van der Waals surface area contributed by atoms with E-state index in [1.54, 1.807) is 13.8 Å². The molecule has 0 spiro atoms. The Bertz CT molecular complexity index is 712. The van der Waals surface area contributed by atoms with Gasteiger partial charge >= 0.3 is 11.9 Å². The zero-order valence-corrected chi connectivity index (χ0v) is 18.4. The molecule has 0 aliphatic rings. The normalized spacial score (nSPS) is 14.5. The smallest absolute Gasteiger partial charge is 0.325 e. The van der Waals surface area contributed by atoms with E-state index >= 15 is 0 Å². The van der Waals surface area contributed by atoms with Crippen molar-refractivity contribution in [3.63, 3.8) is 0 Å². The molecule has 0 aromatic rings.